The number of ether oxygens (including phenoxy) is 2. The van der Waals surface area contributed by atoms with Gasteiger partial charge < -0.3 is 9.47 Å². The molecule has 0 radical (unpaired) electrons. The van der Waals surface area contributed by atoms with Crippen LogP contribution in [0.15, 0.2) is 61.1 Å². The summed E-state index contributed by atoms with van der Waals surface area (Å²) in [6.45, 7) is 0.195. The number of fused-ring (bicyclic) bond motifs is 1. The van der Waals surface area contributed by atoms with Crippen molar-refractivity contribution in [3.05, 3.63) is 77.3 Å². The molecular formula is C22H16ClN7O3S. The molecule has 0 saturated carbocycles. The Balaban J connectivity index is 1.39. The van der Waals surface area contributed by atoms with Gasteiger partial charge in [-0.25, -0.2) is 4.52 Å². The highest BCUT2D eigenvalue weighted by Crippen LogP contribution is 2.34. The Bertz CT molecular complexity index is 1470. The van der Waals surface area contributed by atoms with Gasteiger partial charge >= 0.3 is 0 Å². The molecule has 0 unspecified atom stereocenters. The van der Waals surface area contributed by atoms with E-state index >= 15 is 0 Å². The number of hydrogen-bond acceptors (Lipinski definition) is 9. The van der Waals surface area contributed by atoms with Crippen LogP contribution >= 0.6 is 22.9 Å². The molecule has 10 nitrogen and oxygen atoms in total. The molecule has 4 heterocycles. The van der Waals surface area contributed by atoms with Crippen molar-refractivity contribution in [3.63, 3.8) is 0 Å². The predicted molar refractivity (Wildman–Crippen MR) is 126 cm³/mol. The van der Waals surface area contributed by atoms with Crippen LogP contribution in [0.2, 0.25) is 5.02 Å². The van der Waals surface area contributed by atoms with Crippen molar-refractivity contribution in [1.29, 1.82) is 0 Å². The summed E-state index contributed by atoms with van der Waals surface area (Å²) in [6, 6.07) is 12.8. The van der Waals surface area contributed by atoms with Gasteiger partial charge in [0.2, 0.25) is 5.13 Å². The zero-order valence-electron chi connectivity index (χ0n) is 17.7. The number of hydrogen-bond donors (Lipinski definition) is 1. The highest BCUT2D eigenvalue weighted by atomic mass is 35.5. The van der Waals surface area contributed by atoms with Crippen molar-refractivity contribution in [1.82, 2.24) is 30.0 Å². The first-order chi connectivity index (χ1) is 16.6. The number of carbonyl (C=O) groups is 1. The molecule has 1 N–H and O–H groups in total. The average Bonchev–Trinajstić information content (AvgIpc) is 3.51. The maximum Gasteiger partial charge on any atom is 0.296 e. The van der Waals surface area contributed by atoms with Crippen LogP contribution in [-0.2, 0) is 6.61 Å². The third-order valence-electron chi connectivity index (χ3n) is 4.84. The number of amides is 1. The molecule has 4 aromatic heterocycles. The van der Waals surface area contributed by atoms with E-state index in [1.54, 1.807) is 31.6 Å². The zero-order valence-corrected chi connectivity index (χ0v) is 19.2. The van der Waals surface area contributed by atoms with E-state index in [0.717, 1.165) is 22.4 Å². The summed E-state index contributed by atoms with van der Waals surface area (Å²) >= 11 is 6.95. The molecule has 12 heteroatoms. The van der Waals surface area contributed by atoms with E-state index in [4.69, 9.17) is 21.1 Å². The van der Waals surface area contributed by atoms with Crippen molar-refractivity contribution in [2.75, 3.05) is 12.4 Å². The highest BCUT2D eigenvalue weighted by molar-refractivity contribution is 7.17. The smallest absolute Gasteiger partial charge is 0.296 e. The van der Waals surface area contributed by atoms with Gasteiger partial charge in [0.1, 0.15) is 12.4 Å². The fourth-order valence-corrected chi connectivity index (χ4v) is 3.96. The van der Waals surface area contributed by atoms with Gasteiger partial charge in [-0.2, -0.15) is 0 Å². The lowest BCUT2D eigenvalue weighted by molar-refractivity contribution is 0.102. The standard InChI is InChI=1S/C22H16ClN7O3S/c1-32-19-5-3-2-4-16(19)17-8-15-10-25-29-30(15)11-18(17)20(31)26-21-27-28-22(34-21)33-12-14-7-6-13(23)9-24-14/h2-11H,12H2,1H3,(H,26,27,31). The lowest BCUT2D eigenvalue weighted by Gasteiger charge is -2.13. The van der Waals surface area contributed by atoms with Crippen LogP contribution in [0.1, 0.15) is 16.1 Å². The number of rotatable bonds is 7. The number of anilines is 1. The number of benzene rings is 1. The maximum absolute atomic E-state index is 13.3. The SMILES string of the molecule is COc1ccccc1-c1cc2cnnn2cc1C(=O)Nc1nnc(OCc2ccc(Cl)cn2)s1. The Morgan fingerprint density at radius 2 is 2.03 bits per heavy atom. The van der Waals surface area contributed by atoms with Gasteiger partial charge in [0.15, 0.2) is 0 Å². The minimum atomic E-state index is -0.389. The number of aromatic nitrogens is 6. The molecule has 5 aromatic rings. The van der Waals surface area contributed by atoms with Crippen LogP contribution in [0.3, 0.4) is 0 Å². The first kappa shape index (κ1) is 21.7. The molecule has 34 heavy (non-hydrogen) atoms. The summed E-state index contributed by atoms with van der Waals surface area (Å²) in [5.41, 5.74) is 3.22. The van der Waals surface area contributed by atoms with Gasteiger partial charge in [0.25, 0.3) is 11.1 Å². The molecule has 1 amide bonds. The quantitative estimate of drug-likeness (QED) is 0.359. The van der Waals surface area contributed by atoms with E-state index in [1.165, 1.54) is 10.7 Å². The normalized spacial score (nSPS) is 10.9. The zero-order chi connectivity index (χ0) is 23.5. The van der Waals surface area contributed by atoms with Gasteiger partial charge in [-0.15, -0.1) is 10.2 Å². The molecule has 0 saturated heterocycles. The number of carbonyl (C=O) groups excluding carboxylic acids is 1. The second kappa shape index (κ2) is 9.41. The summed E-state index contributed by atoms with van der Waals surface area (Å²) in [7, 11) is 1.58. The summed E-state index contributed by atoms with van der Waals surface area (Å²) in [4.78, 5) is 17.4. The topological polar surface area (TPSA) is 116 Å². The van der Waals surface area contributed by atoms with Crippen LogP contribution in [0.25, 0.3) is 16.6 Å². The minimum Gasteiger partial charge on any atom is -0.496 e. The van der Waals surface area contributed by atoms with Crippen LogP contribution in [-0.4, -0.2) is 43.0 Å². The van der Waals surface area contributed by atoms with Crippen molar-refractivity contribution in [2.45, 2.75) is 6.61 Å². The second-order valence-electron chi connectivity index (χ2n) is 6.99. The molecule has 0 aliphatic carbocycles. The Morgan fingerprint density at radius 1 is 1.15 bits per heavy atom. The molecule has 5 rings (SSSR count). The van der Waals surface area contributed by atoms with Crippen molar-refractivity contribution < 1.29 is 14.3 Å². The Labute approximate surface area is 202 Å². The molecule has 0 fully saturated rings. The van der Waals surface area contributed by atoms with E-state index in [-0.39, 0.29) is 17.6 Å². The minimum absolute atomic E-state index is 0.195. The first-order valence-electron chi connectivity index (χ1n) is 9.96. The van der Waals surface area contributed by atoms with E-state index in [9.17, 15) is 4.79 Å². The first-order valence-corrected chi connectivity index (χ1v) is 11.2. The van der Waals surface area contributed by atoms with Crippen LogP contribution < -0.4 is 14.8 Å². The molecule has 0 aliphatic heterocycles. The summed E-state index contributed by atoms with van der Waals surface area (Å²) in [6.07, 6.45) is 4.77. The number of para-hydroxylation sites is 1. The van der Waals surface area contributed by atoms with E-state index in [2.05, 4.69) is 30.8 Å². The Morgan fingerprint density at radius 3 is 2.85 bits per heavy atom. The number of nitrogens with one attached hydrogen (secondary N) is 1. The number of nitrogens with zero attached hydrogens (tertiary/aromatic N) is 6. The molecule has 0 aliphatic rings. The summed E-state index contributed by atoms with van der Waals surface area (Å²) < 4.78 is 12.6. The predicted octanol–water partition coefficient (Wildman–Crippen LogP) is 4.14. The second-order valence-corrected chi connectivity index (χ2v) is 8.36. The van der Waals surface area contributed by atoms with Gasteiger partial charge in [-0.05, 0) is 35.6 Å². The third-order valence-corrected chi connectivity index (χ3v) is 5.81. The fraction of sp³-hybridized carbons (Fsp3) is 0.0909. The van der Waals surface area contributed by atoms with Gasteiger partial charge in [-0.3, -0.25) is 15.1 Å². The van der Waals surface area contributed by atoms with Gasteiger partial charge in [-0.1, -0.05) is 40.1 Å². The molecular weight excluding hydrogens is 478 g/mol. The average molecular weight is 494 g/mol. The van der Waals surface area contributed by atoms with Crippen molar-refractivity contribution >= 4 is 39.5 Å². The number of pyridine rings is 2. The monoisotopic (exact) mass is 493 g/mol. The molecule has 0 atom stereocenters. The Kier molecular flexibility index (Phi) is 6.02. The van der Waals surface area contributed by atoms with Crippen LogP contribution in [0.5, 0.6) is 10.9 Å². The van der Waals surface area contributed by atoms with Crippen LogP contribution in [0, 0.1) is 0 Å². The van der Waals surface area contributed by atoms with E-state index < -0.39 is 0 Å². The van der Waals surface area contributed by atoms with E-state index in [0.29, 0.717) is 32.8 Å². The van der Waals surface area contributed by atoms with Gasteiger partial charge in [0.05, 0.1) is 35.1 Å². The Hall–Kier alpha value is -4.09. The van der Waals surface area contributed by atoms with Gasteiger partial charge in [0, 0.05) is 23.5 Å². The highest BCUT2D eigenvalue weighted by Gasteiger charge is 2.19. The third kappa shape index (κ3) is 4.51. The molecule has 170 valence electrons. The van der Waals surface area contributed by atoms with E-state index in [1.807, 2.05) is 30.3 Å². The number of methoxy groups -OCH3 is 1. The molecule has 0 spiro atoms. The summed E-state index contributed by atoms with van der Waals surface area (Å²) in [5.74, 6) is 0.246. The molecule has 0 bridgehead atoms. The fourth-order valence-electron chi connectivity index (χ4n) is 3.25. The lowest BCUT2D eigenvalue weighted by Crippen LogP contribution is -2.14. The lowest BCUT2D eigenvalue weighted by atomic mass is 9.99. The van der Waals surface area contributed by atoms with Crippen LogP contribution in [0.4, 0.5) is 5.13 Å². The largest absolute Gasteiger partial charge is 0.496 e. The number of halogens is 1. The maximum atomic E-state index is 13.3. The molecule has 1 aromatic carbocycles. The van der Waals surface area contributed by atoms with Crippen molar-refractivity contribution in [3.8, 4) is 22.1 Å². The summed E-state index contributed by atoms with van der Waals surface area (Å²) in [5, 5.41) is 19.8. The van der Waals surface area contributed by atoms with Crippen molar-refractivity contribution in [2.24, 2.45) is 0 Å².